The first-order valence-corrected chi connectivity index (χ1v) is 10.3. The highest BCUT2D eigenvalue weighted by atomic mass is 14.5. The Kier molecular flexibility index (Phi) is 9.05. The summed E-state index contributed by atoms with van der Waals surface area (Å²) in [6.07, 6.45) is 13.9. The van der Waals surface area contributed by atoms with Crippen LogP contribution < -0.4 is 5.73 Å². The summed E-state index contributed by atoms with van der Waals surface area (Å²) >= 11 is 0. The van der Waals surface area contributed by atoms with Crippen molar-refractivity contribution in [2.45, 2.75) is 98.8 Å². The molecule has 0 amide bonds. The van der Waals surface area contributed by atoms with Crippen molar-refractivity contribution in [3.05, 3.63) is 0 Å². The van der Waals surface area contributed by atoms with E-state index in [1.807, 2.05) is 0 Å². The first-order valence-electron chi connectivity index (χ1n) is 10.3. The fourth-order valence-corrected chi connectivity index (χ4v) is 5.76. The van der Waals surface area contributed by atoms with Gasteiger partial charge in [-0.05, 0) is 61.3 Å². The van der Waals surface area contributed by atoms with E-state index >= 15 is 0 Å². The van der Waals surface area contributed by atoms with Crippen LogP contribution in [0, 0.1) is 29.1 Å². The van der Waals surface area contributed by atoms with Crippen molar-refractivity contribution in [1.29, 1.82) is 0 Å². The third-order valence-corrected chi connectivity index (χ3v) is 7.18. The van der Waals surface area contributed by atoms with Gasteiger partial charge in [0.25, 0.3) is 0 Å². The summed E-state index contributed by atoms with van der Waals surface area (Å²) in [5.41, 5.74) is 6.46. The third-order valence-electron chi connectivity index (χ3n) is 7.18. The molecule has 1 aliphatic carbocycles. The van der Waals surface area contributed by atoms with Gasteiger partial charge in [-0.2, -0.15) is 0 Å². The van der Waals surface area contributed by atoms with E-state index in [1.165, 1.54) is 64.2 Å². The molecule has 0 bridgehead atoms. The normalized spacial score (nSPS) is 32.5. The quantitative estimate of drug-likeness (QED) is 0.489. The molecular weight excluding hydrogens is 266 g/mol. The summed E-state index contributed by atoms with van der Waals surface area (Å²) in [7, 11) is 0. The van der Waals surface area contributed by atoms with E-state index in [4.69, 9.17) is 5.73 Å². The molecule has 22 heavy (non-hydrogen) atoms. The van der Waals surface area contributed by atoms with Gasteiger partial charge < -0.3 is 5.73 Å². The maximum atomic E-state index is 5.88. The lowest BCUT2D eigenvalue weighted by atomic mass is 9.59. The van der Waals surface area contributed by atoms with Crippen LogP contribution in [0.4, 0.5) is 0 Å². The van der Waals surface area contributed by atoms with Gasteiger partial charge >= 0.3 is 0 Å². The summed E-state index contributed by atoms with van der Waals surface area (Å²) in [4.78, 5) is 0. The molecule has 5 unspecified atom stereocenters. The molecule has 0 aromatic rings. The fraction of sp³-hybridized carbons (Fsp3) is 1.00. The molecule has 0 aromatic carbocycles. The van der Waals surface area contributed by atoms with Crippen molar-refractivity contribution in [3.63, 3.8) is 0 Å². The van der Waals surface area contributed by atoms with Gasteiger partial charge in [0.2, 0.25) is 0 Å². The van der Waals surface area contributed by atoms with Crippen LogP contribution in [0.15, 0.2) is 0 Å². The second-order valence-corrected chi connectivity index (χ2v) is 7.99. The smallest absolute Gasteiger partial charge is 0.00771 e. The van der Waals surface area contributed by atoms with Crippen LogP contribution in [-0.4, -0.2) is 6.54 Å². The van der Waals surface area contributed by atoms with E-state index < -0.39 is 0 Å². The second-order valence-electron chi connectivity index (χ2n) is 7.99. The topological polar surface area (TPSA) is 26.0 Å². The maximum Gasteiger partial charge on any atom is -0.00771 e. The first kappa shape index (κ1) is 20.0. The number of hydrogen-bond acceptors (Lipinski definition) is 1. The van der Waals surface area contributed by atoms with E-state index in [2.05, 4.69) is 34.6 Å². The molecule has 0 saturated heterocycles. The Hall–Kier alpha value is -0.0400. The van der Waals surface area contributed by atoms with Gasteiger partial charge in [0, 0.05) is 0 Å². The van der Waals surface area contributed by atoms with E-state index in [1.54, 1.807) is 0 Å². The van der Waals surface area contributed by atoms with Gasteiger partial charge in [-0.15, -0.1) is 0 Å². The van der Waals surface area contributed by atoms with E-state index in [-0.39, 0.29) is 0 Å². The first-order chi connectivity index (χ1) is 10.6. The summed E-state index contributed by atoms with van der Waals surface area (Å²) in [5.74, 6) is 3.68. The van der Waals surface area contributed by atoms with E-state index in [9.17, 15) is 0 Å². The molecule has 0 aliphatic heterocycles. The molecular formula is C21H43N. The van der Waals surface area contributed by atoms with Gasteiger partial charge in [0.05, 0.1) is 0 Å². The molecule has 132 valence electrons. The highest BCUT2D eigenvalue weighted by Crippen LogP contribution is 2.53. The standard InChI is InChI=1S/C21H43N/c1-6-17(5)18(7-2)19-13-10-11-14-21(9-4,15-12-16-22)20(19)8-3/h17-20H,6-16,22H2,1-5H3. The van der Waals surface area contributed by atoms with Crippen LogP contribution in [0.1, 0.15) is 98.8 Å². The van der Waals surface area contributed by atoms with Crippen LogP contribution in [0.5, 0.6) is 0 Å². The molecule has 1 heteroatoms. The molecule has 1 rings (SSSR count). The maximum absolute atomic E-state index is 5.88. The largest absolute Gasteiger partial charge is 0.330 e. The fourth-order valence-electron chi connectivity index (χ4n) is 5.76. The van der Waals surface area contributed by atoms with Crippen LogP contribution in [0.25, 0.3) is 0 Å². The van der Waals surface area contributed by atoms with Crippen LogP contribution in [0.3, 0.4) is 0 Å². The van der Waals surface area contributed by atoms with Gasteiger partial charge in [-0.25, -0.2) is 0 Å². The van der Waals surface area contributed by atoms with E-state index in [0.29, 0.717) is 5.41 Å². The minimum absolute atomic E-state index is 0.580. The third kappa shape index (κ3) is 4.49. The Morgan fingerprint density at radius 2 is 1.82 bits per heavy atom. The average Bonchev–Trinajstić information content (AvgIpc) is 2.73. The summed E-state index contributed by atoms with van der Waals surface area (Å²) < 4.78 is 0. The van der Waals surface area contributed by atoms with Crippen molar-refractivity contribution in [3.8, 4) is 0 Å². The van der Waals surface area contributed by atoms with Crippen molar-refractivity contribution >= 4 is 0 Å². The number of nitrogens with two attached hydrogens (primary N) is 1. The summed E-state index contributed by atoms with van der Waals surface area (Å²) in [5, 5.41) is 0. The lowest BCUT2D eigenvalue weighted by Crippen LogP contribution is -2.38. The highest BCUT2D eigenvalue weighted by molar-refractivity contribution is 4.93. The molecule has 2 N–H and O–H groups in total. The van der Waals surface area contributed by atoms with Gasteiger partial charge in [0.1, 0.15) is 0 Å². The Morgan fingerprint density at radius 3 is 2.32 bits per heavy atom. The zero-order chi connectivity index (χ0) is 16.6. The summed E-state index contributed by atoms with van der Waals surface area (Å²) in [6.45, 7) is 13.1. The Morgan fingerprint density at radius 1 is 1.09 bits per heavy atom. The van der Waals surface area contributed by atoms with Gasteiger partial charge in [0.15, 0.2) is 0 Å². The Bertz CT molecular complexity index is 288. The molecule has 0 heterocycles. The predicted molar refractivity (Wildman–Crippen MR) is 100.0 cm³/mol. The monoisotopic (exact) mass is 309 g/mol. The number of rotatable bonds is 9. The van der Waals surface area contributed by atoms with Crippen LogP contribution >= 0.6 is 0 Å². The molecule has 0 radical (unpaired) electrons. The lowest BCUT2D eigenvalue weighted by molar-refractivity contribution is 0.0324. The van der Waals surface area contributed by atoms with Crippen molar-refractivity contribution < 1.29 is 0 Å². The molecule has 0 aromatic heterocycles. The van der Waals surface area contributed by atoms with Crippen molar-refractivity contribution in [2.75, 3.05) is 6.54 Å². The van der Waals surface area contributed by atoms with Gasteiger partial charge in [-0.3, -0.25) is 0 Å². The molecule has 1 nitrogen and oxygen atoms in total. The molecule has 1 fully saturated rings. The number of hydrogen-bond donors (Lipinski definition) is 1. The Balaban J connectivity index is 3.08. The zero-order valence-corrected chi connectivity index (χ0v) is 16.2. The van der Waals surface area contributed by atoms with Crippen LogP contribution in [-0.2, 0) is 0 Å². The molecule has 5 atom stereocenters. The minimum atomic E-state index is 0.580. The average molecular weight is 310 g/mol. The molecule has 1 saturated carbocycles. The SMILES string of the molecule is CCC(C)C(CC)C1CCCCC(CC)(CCCN)C1CC. The second kappa shape index (κ2) is 9.96. The lowest BCUT2D eigenvalue weighted by Gasteiger charge is -2.46. The van der Waals surface area contributed by atoms with E-state index in [0.717, 1.165) is 30.2 Å². The van der Waals surface area contributed by atoms with Gasteiger partial charge in [-0.1, -0.05) is 73.1 Å². The van der Waals surface area contributed by atoms with Crippen molar-refractivity contribution in [2.24, 2.45) is 34.8 Å². The zero-order valence-electron chi connectivity index (χ0n) is 16.2. The Labute approximate surface area is 140 Å². The summed E-state index contributed by atoms with van der Waals surface area (Å²) in [6, 6.07) is 0. The van der Waals surface area contributed by atoms with Crippen LogP contribution in [0.2, 0.25) is 0 Å². The molecule has 0 spiro atoms. The van der Waals surface area contributed by atoms with Crippen molar-refractivity contribution in [1.82, 2.24) is 0 Å². The minimum Gasteiger partial charge on any atom is -0.330 e. The molecule has 1 aliphatic rings. The highest BCUT2D eigenvalue weighted by Gasteiger charge is 2.43. The predicted octanol–water partition coefficient (Wildman–Crippen LogP) is 6.41.